The van der Waals surface area contributed by atoms with Crippen molar-refractivity contribution in [3.63, 3.8) is 0 Å². The van der Waals surface area contributed by atoms with E-state index in [2.05, 4.69) is 19.2 Å². The standard InChI is InChI=1S/C34H69N2O6P/c1-6-8-10-12-14-15-16-17-18-19-20-22-23-25-27-33(37)32(31-42-43(39,40)41-30-29-36(3,4)5)35-34(38)28-26-24-21-13-11-9-7-2/h25,27,32-33,37H,6-24,26,28-31H2,1-5H3,(H-,35,38,39,40)/p+1/b27-25+. The van der Waals surface area contributed by atoms with Gasteiger partial charge in [0.2, 0.25) is 5.91 Å². The molecule has 0 saturated heterocycles. The van der Waals surface area contributed by atoms with Crippen molar-refractivity contribution in [2.45, 2.75) is 161 Å². The van der Waals surface area contributed by atoms with Crippen LogP contribution in [0.15, 0.2) is 12.2 Å². The highest BCUT2D eigenvalue weighted by atomic mass is 31.2. The minimum absolute atomic E-state index is 0.0636. The Bertz CT molecular complexity index is 728. The van der Waals surface area contributed by atoms with Gasteiger partial charge in [-0.2, -0.15) is 0 Å². The molecule has 43 heavy (non-hydrogen) atoms. The van der Waals surface area contributed by atoms with Crippen molar-refractivity contribution in [2.24, 2.45) is 0 Å². The van der Waals surface area contributed by atoms with Crippen LogP contribution in [-0.2, 0) is 18.4 Å². The Morgan fingerprint density at radius 1 is 0.767 bits per heavy atom. The van der Waals surface area contributed by atoms with Gasteiger partial charge in [-0.05, 0) is 19.3 Å². The highest BCUT2D eigenvalue weighted by molar-refractivity contribution is 7.47. The van der Waals surface area contributed by atoms with Crippen LogP contribution in [0.5, 0.6) is 0 Å². The molecular formula is C34H70N2O6P+. The van der Waals surface area contributed by atoms with E-state index in [1.807, 2.05) is 27.2 Å². The maximum Gasteiger partial charge on any atom is 0.472 e. The monoisotopic (exact) mass is 633 g/mol. The van der Waals surface area contributed by atoms with E-state index in [1.165, 1.54) is 89.9 Å². The largest absolute Gasteiger partial charge is 0.472 e. The van der Waals surface area contributed by atoms with E-state index in [4.69, 9.17) is 9.05 Å². The summed E-state index contributed by atoms with van der Waals surface area (Å²) in [6, 6.07) is -0.835. The van der Waals surface area contributed by atoms with Crippen molar-refractivity contribution in [3.8, 4) is 0 Å². The molecule has 9 heteroatoms. The second kappa shape index (κ2) is 27.5. The molecule has 0 aliphatic carbocycles. The zero-order valence-electron chi connectivity index (χ0n) is 28.7. The number of allylic oxidation sites excluding steroid dienone is 1. The molecule has 0 spiro atoms. The van der Waals surface area contributed by atoms with Gasteiger partial charge in [-0.1, -0.05) is 135 Å². The average Bonchev–Trinajstić information content (AvgIpc) is 2.94. The zero-order chi connectivity index (χ0) is 32.2. The van der Waals surface area contributed by atoms with Crippen molar-refractivity contribution in [1.29, 1.82) is 0 Å². The summed E-state index contributed by atoms with van der Waals surface area (Å²) < 4.78 is 23.3. The van der Waals surface area contributed by atoms with Gasteiger partial charge in [-0.3, -0.25) is 13.8 Å². The van der Waals surface area contributed by atoms with Crippen LogP contribution in [0.25, 0.3) is 0 Å². The number of phosphoric ester groups is 1. The van der Waals surface area contributed by atoms with Crippen molar-refractivity contribution in [1.82, 2.24) is 5.32 Å². The summed E-state index contributed by atoms with van der Waals surface area (Å²) in [4.78, 5) is 22.8. The number of carbonyl (C=O) groups excluding carboxylic acids is 1. The van der Waals surface area contributed by atoms with E-state index in [1.54, 1.807) is 6.08 Å². The lowest BCUT2D eigenvalue weighted by molar-refractivity contribution is -0.870. The van der Waals surface area contributed by atoms with Crippen LogP contribution in [-0.4, -0.2) is 73.4 Å². The van der Waals surface area contributed by atoms with Crippen molar-refractivity contribution in [2.75, 3.05) is 40.9 Å². The van der Waals surface area contributed by atoms with E-state index < -0.39 is 20.0 Å². The number of amides is 1. The highest BCUT2D eigenvalue weighted by Gasteiger charge is 2.27. The number of aliphatic hydroxyl groups excluding tert-OH is 1. The number of phosphoric acid groups is 1. The lowest BCUT2D eigenvalue weighted by Gasteiger charge is -2.25. The summed E-state index contributed by atoms with van der Waals surface area (Å²) in [7, 11) is 1.57. The molecule has 0 aromatic carbocycles. The Labute approximate surface area is 265 Å². The van der Waals surface area contributed by atoms with Crippen molar-refractivity contribution in [3.05, 3.63) is 12.2 Å². The van der Waals surface area contributed by atoms with Crippen molar-refractivity contribution >= 4 is 13.7 Å². The number of nitrogens with one attached hydrogen (secondary N) is 1. The minimum Gasteiger partial charge on any atom is -0.387 e. The number of hydrogen-bond donors (Lipinski definition) is 3. The molecule has 1 amide bonds. The van der Waals surface area contributed by atoms with E-state index in [0.29, 0.717) is 17.4 Å². The number of likely N-dealkylation sites (N-methyl/N-ethyl adjacent to an activating group) is 1. The van der Waals surface area contributed by atoms with Crippen molar-refractivity contribution < 1.29 is 32.9 Å². The maximum atomic E-state index is 12.6. The van der Waals surface area contributed by atoms with Gasteiger partial charge in [-0.15, -0.1) is 0 Å². The van der Waals surface area contributed by atoms with Gasteiger partial charge < -0.3 is 19.8 Å². The van der Waals surface area contributed by atoms with Crippen LogP contribution in [0.2, 0.25) is 0 Å². The summed E-state index contributed by atoms with van der Waals surface area (Å²) in [6.07, 6.45) is 27.1. The first-order valence-corrected chi connectivity index (χ1v) is 19.1. The van der Waals surface area contributed by atoms with E-state index in [0.717, 1.165) is 38.5 Å². The van der Waals surface area contributed by atoms with Crippen LogP contribution >= 0.6 is 7.82 Å². The summed E-state index contributed by atoms with van der Waals surface area (Å²) in [5.74, 6) is -0.186. The normalized spacial score (nSPS) is 15.0. The third-order valence-corrected chi connectivity index (χ3v) is 8.74. The second-order valence-electron chi connectivity index (χ2n) is 13.3. The molecule has 3 atom stereocenters. The average molecular weight is 634 g/mol. The lowest BCUT2D eigenvalue weighted by Crippen LogP contribution is -2.45. The highest BCUT2D eigenvalue weighted by Crippen LogP contribution is 2.43. The SMILES string of the molecule is CCCCCCCCCCCCCC/C=C/C(O)C(COP(=O)(O)OCC[N+](C)(C)C)NC(=O)CCCCCCCCC. The van der Waals surface area contributed by atoms with Gasteiger partial charge in [0.15, 0.2) is 0 Å². The molecule has 0 heterocycles. The summed E-state index contributed by atoms with van der Waals surface area (Å²) in [5, 5.41) is 13.6. The van der Waals surface area contributed by atoms with E-state index >= 15 is 0 Å². The van der Waals surface area contributed by atoms with Crippen LogP contribution in [0.1, 0.15) is 149 Å². The molecular weight excluding hydrogens is 563 g/mol. The number of carbonyl (C=O) groups is 1. The summed E-state index contributed by atoms with van der Waals surface area (Å²) >= 11 is 0. The fraction of sp³-hybridized carbons (Fsp3) is 0.912. The van der Waals surface area contributed by atoms with Gasteiger partial charge >= 0.3 is 7.82 Å². The molecule has 0 radical (unpaired) electrons. The topological polar surface area (TPSA) is 105 Å². The Morgan fingerprint density at radius 2 is 1.23 bits per heavy atom. The molecule has 3 N–H and O–H groups in total. The molecule has 0 fully saturated rings. The number of unbranched alkanes of at least 4 members (excludes halogenated alkanes) is 18. The lowest BCUT2D eigenvalue weighted by atomic mass is 10.0. The molecule has 0 aromatic rings. The number of hydrogen-bond acceptors (Lipinski definition) is 5. The van der Waals surface area contributed by atoms with Gasteiger partial charge in [-0.25, -0.2) is 4.57 Å². The smallest absolute Gasteiger partial charge is 0.387 e. The molecule has 0 rings (SSSR count). The number of aliphatic hydroxyl groups is 1. The van der Waals surface area contributed by atoms with Crippen LogP contribution in [0.3, 0.4) is 0 Å². The Hall–Kier alpha value is -0.760. The fourth-order valence-electron chi connectivity index (χ4n) is 4.86. The zero-order valence-corrected chi connectivity index (χ0v) is 29.6. The Morgan fingerprint density at radius 3 is 1.72 bits per heavy atom. The third-order valence-electron chi connectivity index (χ3n) is 7.76. The first-order valence-electron chi connectivity index (χ1n) is 17.6. The van der Waals surface area contributed by atoms with Gasteiger partial charge in [0.1, 0.15) is 13.2 Å². The van der Waals surface area contributed by atoms with Gasteiger partial charge in [0.05, 0.1) is 39.9 Å². The predicted octanol–water partition coefficient (Wildman–Crippen LogP) is 8.46. The summed E-state index contributed by atoms with van der Waals surface area (Å²) in [6.45, 7) is 4.74. The predicted molar refractivity (Wildman–Crippen MR) is 180 cm³/mol. The molecule has 0 saturated carbocycles. The molecule has 8 nitrogen and oxygen atoms in total. The number of rotatable bonds is 31. The molecule has 0 aliphatic rings. The third kappa shape index (κ3) is 29.7. The van der Waals surface area contributed by atoms with E-state index in [9.17, 15) is 19.4 Å². The van der Waals surface area contributed by atoms with Gasteiger partial charge in [0, 0.05) is 6.42 Å². The van der Waals surface area contributed by atoms with Gasteiger partial charge in [0.25, 0.3) is 0 Å². The molecule has 3 unspecified atom stereocenters. The van der Waals surface area contributed by atoms with Crippen LogP contribution in [0.4, 0.5) is 0 Å². The van der Waals surface area contributed by atoms with E-state index in [-0.39, 0.29) is 19.1 Å². The second-order valence-corrected chi connectivity index (χ2v) is 14.7. The quantitative estimate of drug-likeness (QED) is 0.0306. The van der Waals surface area contributed by atoms with Crippen LogP contribution in [0, 0.1) is 0 Å². The molecule has 0 aromatic heterocycles. The minimum atomic E-state index is -4.31. The molecule has 256 valence electrons. The first-order chi connectivity index (χ1) is 20.5. The maximum absolute atomic E-state index is 12.6. The molecule has 0 aliphatic heterocycles. The first kappa shape index (κ1) is 42.2. The number of quaternary nitrogens is 1. The Balaban J connectivity index is 4.54. The number of nitrogens with zero attached hydrogens (tertiary/aromatic N) is 1. The summed E-state index contributed by atoms with van der Waals surface area (Å²) in [5.41, 5.74) is 0. The van der Waals surface area contributed by atoms with Crippen LogP contribution < -0.4 is 5.32 Å². The molecule has 0 bridgehead atoms. The Kier molecular flexibility index (Phi) is 27.1. The fourth-order valence-corrected chi connectivity index (χ4v) is 5.60.